The van der Waals surface area contributed by atoms with E-state index in [0.717, 1.165) is 28.9 Å². The Labute approximate surface area is 223 Å². The summed E-state index contributed by atoms with van der Waals surface area (Å²) in [4.78, 5) is 16.1. The Morgan fingerprint density at radius 1 is 0.973 bits per heavy atom. The number of hydrogen-bond donors (Lipinski definition) is 0. The molecular formula is C34H43NO2. The van der Waals surface area contributed by atoms with Gasteiger partial charge in [-0.1, -0.05) is 92.2 Å². The molecule has 3 aromatic carbocycles. The molecule has 3 atom stereocenters. The molecule has 3 aromatic rings. The highest BCUT2D eigenvalue weighted by Gasteiger charge is 2.46. The van der Waals surface area contributed by atoms with Crippen molar-refractivity contribution in [2.45, 2.75) is 85.4 Å². The fraction of sp³-hybridized carbons (Fsp3) is 0.441. The number of hydrogen-bond acceptors (Lipinski definition) is 2. The van der Waals surface area contributed by atoms with E-state index in [2.05, 4.69) is 101 Å². The smallest absolute Gasteiger partial charge is 0.223 e. The molecule has 1 fully saturated rings. The first kappa shape index (κ1) is 27.0. The number of aryl methyl sites for hydroxylation is 1. The molecule has 1 amide bonds. The Morgan fingerprint density at radius 2 is 1.59 bits per heavy atom. The van der Waals surface area contributed by atoms with E-state index in [-0.39, 0.29) is 23.9 Å². The normalized spacial score (nSPS) is 17.8. The van der Waals surface area contributed by atoms with Gasteiger partial charge in [0.05, 0.1) is 0 Å². The molecule has 196 valence electrons. The van der Waals surface area contributed by atoms with Gasteiger partial charge in [0, 0.05) is 30.0 Å². The van der Waals surface area contributed by atoms with Gasteiger partial charge in [0.2, 0.25) is 5.91 Å². The maximum atomic E-state index is 14.0. The zero-order valence-corrected chi connectivity index (χ0v) is 23.4. The molecule has 0 bridgehead atoms. The standard InChI is InChI=1S/C34H43NO2/c1-24(2)35(26(4)20-29-22-34(29,5)6)33(36)21-30(28-15-11-8-12-16-28)31-19-25(3)17-18-32(31)37-23-27-13-9-7-10-14-27/h7-19,24,26,29-30H,20-23H2,1-6H3/t26?,29-,30?/m0/s1. The average molecular weight is 498 g/mol. The predicted molar refractivity (Wildman–Crippen MR) is 153 cm³/mol. The third kappa shape index (κ3) is 6.83. The van der Waals surface area contributed by atoms with Gasteiger partial charge in [0.1, 0.15) is 12.4 Å². The molecule has 3 heteroatoms. The van der Waals surface area contributed by atoms with E-state index in [4.69, 9.17) is 4.74 Å². The molecule has 1 saturated carbocycles. The molecule has 0 aliphatic heterocycles. The van der Waals surface area contributed by atoms with Crippen LogP contribution >= 0.6 is 0 Å². The van der Waals surface area contributed by atoms with Gasteiger partial charge < -0.3 is 9.64 Å². The Kier molecular flexibility index (Phi) is 8.42. The monoisotopic (exact) mass is 497 g/mol. The lowest BCUT2D eigenvalue weighted by molar-refractivity contribution is -0.135. The quantitative estimate of drug-likeness (QED) is 0.267. The number of carbonyl (C=O) groups excluding carboxylic acids is 1. The number of rotatable bonds is 11. The average Bonchev–Trinajstić information content (AvgIpc) is 3.47. The summed E-state index contributed by atoms with van der Waals surface area (Å²) in [6.07, 6.45) is 2.75. The first-order valence-electron chi connectivity index (χ1n) is 13.8. The number of amides is 1. The van der Waals surface area contributed by atoms with E-state index >= 15 is 0 Å². The molecule has 0 saturated heterocycles. The van der Waals surface area contributed by atoms with Crippen LogP contribution in [0.4, 0.5) is 0 Å². The molecule has 1 aliphatic rings. The van der Waals surface area contributed by atoms with E-state index in [1.807, 2.05) is 24.3 Å². The van der Waals surface area contributed by atoms with Crippen molar-refractivity contribution in [1.82, 2.24) is 4.90 Å². The molecule has 1 aliphatic carbocycles. The van der Waals surface area contributed by atoms with Gasteiger partial charge in [-0.05, 0) is 69.1 Å². The Morgan fingerprint density at radius 3 is 2.19 bits per heavy atom. The lowest BCUT2D eigenvalue weighted by Gasteiger charge is -2.35. The first-order valence-corrected chi connectivity index (χ1v) is 13.8. The van der Waals surface area contributed by atoms with E-state index in [9.17, 15) is 4.79 Å². The predicted octanol–water partition coefficient (Wildman–Crippen LogP) is 8.16. The largest absolute Gasteiger partial charge is 0.489 e. The van der Waals surface area contributed by atoms with Crippen molar-refractivity contribution in [2.24, 2.45) is 11.3 Å². The summed E-state index contributed by atoms with van der Waals surface area (Å²) in [5.74, 6) is 1.69. The van der Waals surface area contributed by atoms with Crippen LogP contribution in [0.25, 0.3) is 0 Å². The van der Waals surface area contributed by atoms with Crippen LogP contribution < -0.4 is 4.74 Å². The maximum Gasteiger partial charge on any atom is 0.223 e. The van der Waals surface area contributed by atoms with E-state index < -0.39 is 0 Å². The molecule has 0 radical (unpaired) electrons. The molecule has 0 N–H and O–H groups in total. The topological polar surface area (TPSA) is 29.5 Å². The van der Waals surface area contributed by atoms with Crippen LogP contribution in [0.2, 0.25) is 0 Å². The van der Waals surface area contributed by atoms with Crippen molar-refractivity contribution in [3.05, 3.63) is 101 Å². The van der Waals surface area contributed by atoms with Gasteiger partial charge in [0.25, 0.3) is 0 Å². The maximum absolute atomic E-state index is 14.0. The van der Waals surface area contributed by atoms with Gasteiger partial charge in [-0.15, -0.1) is 0 Å². The van der Waals surface area contributed by atoms with Crippen LogP contribution in [0.5, 0.6) is 5.75 Å². The molecule has 3 nitrogen and oxygen atoms in total. The molecule has 0 heterocycles. The summed E-state index contributed by atoms with van der Waals surface area (Å²) in [5, 5.41) is 0. The third-order valence-electron chi connectivity index (χ3n) is 8.02. The van der Waals surface area contributed by atoms with Gasteiger partial charge in [0.15, 0.2) is 0 Å². The molecule has 4 rings (SSSR count). The van der Waals surface area contributed by atoms with Crippen LogP contribution in [0.1, 0.15) is 82.1 Å². The van der Waals surface area contributed by atoms with Crippen LogP contribution in [-0.2, 0) is 11.4 Å². The van der Waals surface area contributed by atoms with Gasteiger partial charge >= 0.3 is 0 Å². The summed E-state index contributed by atoms with van der Waals surface area (Å²) >= 11 is 0. The summed E-state index contributed by atoms with van der Waals surface area (Å²) in [5.41, 5.74) is 4.93. The van der Waals surface area contributed by atoms with Gasteiger partial charge in [-0.25, -0.2) is 0 Å². The van der Waals surface area contributed by atoms with Crippen molar-refractivity contribution in [2.75, 3.05) is 0 Å². The van der Waals surface area contributed by atoms with E-state index in [1.54, 1.807) is 0 Å². The van der Waals surface area contributed by atoms with Gasteiger partial charge in [-0.3, -0.25) is 4.79 Å². The molecule has 0 spiro atoms. The Hall–Kier alpha value is -3.07. The van der Waals surface area contributed by atoms with Crippen molar-refractivity contribution >= 4 is 5.91 Å². The molecular weight excluding hydrogens is 454 g/mol. The van der Waals surface area contributed by atoms with Gasteiger partial charge in [-0.2, -0.15) is 0 Å². The first-order chi connectivity index (χ1) is 17.7. The molecule has 2 unspecified atom stereocenters. The second kappa shape index (κ2) is 11.5. The Balaban J connectivity index is 1.62. The van der Waals surface area contributed by atoms with Crippen LogP contribution in [0, 0.1) is 18.3 Å². The number of carbonyl (C=O) groups is 1. The lowest BCUT2D eigenvalue weighted by atomic mass is 9.86. The molecule has 0 aromatic heterocycles. The lowest BCUT2D eigenvalue weighted by Crippen LogP contribution is -2.44. The minimum Gasteiger partial charge on any atom is -0.489 e. The zero-order valence-electron chi connectivity index (χ0n) is 23.4. The fourth-order valence-electron chi connectivity index (χ4n) is 5.73. The van der Waals surface area contributed by atoms with Crippen LogP contribution in [0.15, 0.2) is 78.9 Å². The van der Waals surface area contributed by atoms with Crippen molar-refractivity contribution in [3.63, 3.8) is 0 Å². The second-order valence-electron chi connectivity index (χ2n) is 11.9. The second-order valence-corrected chi connectivity index (χ2v) is 11.9. The van der Waals surface area contributed by atoms with Crippen molar-refractivity contribution < 1.29 is 9.53 Å². The number of nitrogens with zero attached hydrogens (tertiary/aromatic N) is 1. The molecule has 37 heavy (non-hydrogen) atoms. The van der Waals surface area contributed by atoms with Crippen molar-refractivity contribution in [1.29, 1.82) is 0 Å². The van der Waals surface area contributed by atoms with Crippen LogP contribution in [0.3, 0.4) is 0 Å². The summed E-state index contributed by atoms with van der Waals surface area (Å²) in [7, 11) is 0. The minimum absolute atomic E-state index is 0.0785. The van der Waals surface area contributed by atoms with Crippen molar-refractivity contribution in [3.8, 4) is 5.75 Å². The van der Waals surface area contributed by atoms with Crippen LogP contribution in [-0.4, -0.2) is 22.9 Å². The SMILES string of the molecule is Cc1ccc(OCc2ccccc2)c(C(CC(=O)N(C(C)C)C(C)C[C@H]2CC2(C)C)c2ccccc2)c1. The minimum atomic E-state index is -0.0785. The van der Waals surface area contributed by atoms with E-state index in [1.165, 1.54) is 12.0 Å². The third-order valence-corrected chi connectivity index (χ3v) is 8.02. The zero-order chi connectivity index (χ0) is 26.6. The highest BCUT2D eigenvalue weighted by molar-refractivity contribution is 5.78. The summed E-state index contributed by atoms with van der Waals surface area (Å²) in [6, 6.07) is 27.4. The summed E-state index contributed by atoms with van der Waals surface area (Å²) < 4.78 is 6.38. The number of ether oxygens (including phenoxy) is 1. The summed E-state index contributed by atoms with van der Waals surface area (Å²) in [6.45, 7) is 13.8. The number of benzene rings is 3. The highest BCUT2D eigenvalue weighted by atomic mass is 16.5. The van der Waals surface area contributed by atoms with E-state index in [0.29, 0.717) is 24.4 Å². The Bertz CT molecular complexity index is 1170. The fourth-order valence-corrected chi connectivity index (χ4v) is 5.73. The highest BCUT2D eigenvalue weighted by Crippen LogP contribution is 2.54.